The average molecular weight is 475 g/mol. The maximum absolute atomic E-state index is 15.1. The van der Waals surface area contributed by atoms with Crippen LogP contribution in [0.25, 0.3) is 0 Å². The number of methoxy groups -OCH3 is 1. The Balaban J connectivity index is 1.36. The number of rotatable bonds is 9. The first kappa shape index (κ1) is 23.9. The average Bonchev–Trinajstić information content (AvgIpc) is 3.63. The molecule has 2 saturated carbocycles. The van der Waals surface area contributed by atoms with Crippen molar-refractivity contribution in [3.63, 3.8) is 0 Å². The highest BCUT2D eigenvalue weighted by Gasteiger charge is 2.50. The first-order valence-electron chi connectivity index (χ1n) is 11.8. The lowest BCUT2D eigenvalue weighted by molar-refractivity contribution is -0.151. The summed E-state index contributed by atoms with van der Waals surface area (Å²) in [7, 11) is 1.67. The molecule has 0 heterocycles. The van der Waals surface area contributed by atoms with E-state index in [0.717, 1.165) is 54.9 Å². The van der Waals surface area contributed by atoms with Crippen LogP contribution in [-0.2, 0) is 4.79 Å². The molecule has 2 aliphatic rings. The third kappa shape index (κ3) is 5.46. The maximum atomic E-state index is 15.1. The lowest BCUT2D eigenvalue weighted by Gasteiger charge is -2.30. The van der Waals surface area contributed by atoms with E-state index >= 15 is 4.39 Å². The minimum absolute atomic E-state index is 0.0741. The quantitative estimate of drug-likeness (QED) is 0.424. The van der Waals surface area contributed by atoms with E-state index < -0.39 is 17.6 Å². The van der Waals surface area contributed by atoms with Gasteiger partial charge in [0.15, 0.2) is 0 Å². The zero-order chi connectivity index (χ0) is 23.6. The van der Waals surface area contributed by atoms with E-state index in [-0.39, 0.29) is 5.92 Å². The van der Waals surface area contributed by atoms with Crippen LogP contribution < -0.4 is 9.47 Å². The van der Waals surface area contributed by atoms with Crippen molar-refractivity contribution in [2.75, 3.05) is 13.7 Å². The number of carbonyl (C=O) groups is 1. The molecule has 0 spiro atoms. The Labute approximate surface area is 200 Å². The minimum atomic E-state index is -2.29. The summed E-state index contributed by atoms with van der Waals surface area (Å²) in [6.45, 7) is 1.78. The second-order valence-corrected chi connectivity index (χ2v) is 10.1. The van der Waals surface area contributed by atoms with Crippen LogP contribution in [0.2, 0.25) is 5.02 Å². The Morgan fingerprint density at radius 3 is 2.48 bits per heavy atom. The first-order valence-corrected chi connectivity index (χ1v) is 12.2. The zero-order valence-corrected chi connectivity index (χ0v) is 20.0. The molecular weight excluding hydrogens is 443 g/mol. The summed E-state index contributed by atoms with van der Waals surface area (Å²) in [5.41, 5.74) is -0.430. The van der Waals surface area contributed by atoms with Gasteiger partial charge in [-0.3, -0.25) is 0 Å². The molecule has 2 aliphatic carbocycles. The van der Waals surface area contributed by atoms with Crippen LogP contribution in [0.3, 0.4) is 0 Å². The SMILES string of the molecule is COc1ccc(Cl)c(C2CCC(COc3cccc([C@H](C4CC4)C(C)(F)C(=O)O)c3)CC2)c1. The Morgan fingerprint density at radius 2 is 1.85 bits per heavy atom. The predicted octanol–water partition coefficient (Wildman–Crippen LogP) is 7.01. The molecule has 1 N–H and O–H groups in total. The number of aliphatic carboxylic acids is 1. The molecule has 0 aromatic heterocycles. The molecule has 1 unspecified atom stereocenters. The van der Waals surface area contributed by atoms with Gasteiger partial charge in [-0.25, -0.2) is 9.18 Å². The molecule has 0 saturated heterocycles. The van der Waals surface area contributed by atoms with Crippen molar-refractivity contribution >= 4 is 17.6 Å². The van der Waals surface area contributed by atoms with E-state index in [9.17, 15) is 9.90 Å². The molecule has 2 aromatic carbocycles. The standard InChI is InChI=1S/C27H32ClFO4/c1-27(29,26(30)31)25(19-10-11-19)20-4-3-5-22(14-20)33-16-17-6-8-18(9-7-17)23-15-21(32-2)12-13-24(23)28/h3-5,12-15,17-19,25H,6-11,16H2,1-2H3,(H,30,31)/t17?,18?,25-,27?/m0/s1. The van der Waals surface area contributed by atoms with Crippen molar-refractivity contribution in [2.24, 2.45) is 11.8 Å². The van der Waals surface area contributed by atoms with Gasteiger partial charge in [-0.2, -0.15) is 0 Å². The smallest absolute Gasteiger partial charge is 0.341 e. The molecule has 2 atom stereocenters. The van der Waals surface area contributed by atoms with Crippen LogP contribution in [0.15, 0.2) is 42.5 Å². The van der Waals surface area contributed by atoms with E-state index in [1.807, 2.05) is 42.5 Å². The number of carboxylic acid groups (broad SMARTS) is 1. The second kappa shape index (κ2) is 9.92. The molecule has 0 aliphatic heterocycles. The van der Waals surface area contributed by atoms with Gasteiger partial charge in [0.2, 0.25) is 5.67 Å². The van der Waals surface area contributed by atoms with Gasteiger partial charge < -0.3 is 14.6 Å². The van der Waals surface area contributed by atoms with E-state index in [1.54, 1.807) is 7.11 Å². The van der Waals surface area contributed by atoms with E-state index in [4.69, 9.17) is 21.1 Å². The molecule has 178 valence electrons. The van der Waals surface area contributed by atoms with Gasteiger partial charge in [-0.1, -0.05) is 23.7 Å². The van der Waals surface area contributed by atoms with Gasteiger partial charge in [-0.05, 0) is 105 Å². The van der Waals surface area contributed by atoms with E-state index in [1.165, 1.54) is 6.92 Å². The van der Waals surface area contributed by atoms with Gasteiger partial charge in [0.1, 0.15) is 11.5 Å². The molecule has 4 nitrogen and oxygen atoms in total. The van der Waals surface area contributed by atoms with Crippen LogP contribution in [0.5, 0.6) is 11.5 Å². The highest BCUT2D eigenvalue weighted by Crippen LogP contribution is 2.50. The van der Waals surface area contributed by atoms with Crippen molar-refractivity contribution in [2.45, 2.75) is 63.0 Å². The molecule has 4 rings (SSSR count). The summed E-state index contributed by atoms with van der Waals surface area (Å²) in [6, 6.07) is 13.2. The van der Waals surface area contributed by atoms with Gasteiger partial charge >= 0.3 is 5.97 Å². The minimum Gasteiger partial charge on any atom is -0.497 e. The summed E-state index contributed by atoms with van der Waals surface area (Å²) < 4.78 is 26.5. The Kier molecular flexibility index (Phi) is 7.18. The van der Waals surface area contributed by atoms with Crippen LogP contribution in [0, 0.1) is 11.8 Å². The highest BCUT2D eigenvalue weighted by molar-refractivity contribution is 6.31. The summed E-state index contributed by atoms with van der Waals surface area (Å²) in [6.07, 6.45) is 5.91. The van der Waals surface area contributed by atoms with Crippen molar-refractivity contribution in [1.29, 1.82) is 0 Å². The molecular formula is C27H32ClFO4. The maximum Gasteiger partial charge on any atom is 0.341 e. The Morgan fingerprint density at radius 1 is 1.12 bits per heavy atom. The van der Waals surface area contributed by atoms with Crippen molar-refractivity contribution < 1.29 is 23.8 Å². The molecule has 0 bridgehead atoms. The first-order chi connectivity index (χ1) is 15.8. The fourth-order valence-corrected chi connectivity index (χ4v) is 5.48. The lowest BCUT2D eigenvalue weighted by Crippen LogP contribution is -2.38. The Bertz CT molecular complexity index is 980. The van der Waals surface area contributed by atoms with Crippen LogP contribution in [0.4, 0.5) is 4.39 Å². The highest BCUT2D eigenvalue weighted by atomic mass is 35.5. The van der Waals surface area contributed by atoms with E-state index in [2.05, 4.69) is 0 Å². The number of hydrogen-bond donors (Lipinski definition) is 1. The monoisotopic (exact) mass is 474 g/mol. The van der Waals surface area contributed by atoms with Crippen LogP contribution in [-0.4, -0.2) is 30.5 Å². The molecule has 0 amide bonds. The second-order valence-electron chi connectivity index (χ2n) is 9.68. The summed E-state index contributed by atoms with van der Waals surface area (Å²) in [4.78, 5) is 11.5. The van der Waals surface area contributed by atoms with Gasteiger partial charge in [0, 0.05) is 10.9 Å². The van der Waals surface area contributed by atoms with Crippen LogP contribution in [0.1, 0.15) is 68.4 Å². The predicted molar refractivity (Wildman–Crippen MR) is 127 cm³/mol. The fraction of sp³-hybridized carbons (Fsp3) is 0.519. The number of carboxylic acids is 1. The molecule has 33 heavy (non-hydrogen) atoms. The third-order valence-electron chi connectivity index (χ3n) is 7.29. The number of ether oxygens (including phenoxy) is 2. The third-order valence-corrected chi connectivity index (χ3v) is 7.63. The van der Waals surface area contributed by atoms with Crippen molar-refractivity contribution in [3.8, 4) is 11.5 Å². The van der Waals surface area contributed by atoms with Crippen LogP contribution >= 0.6 is 11.6 Å². The van der Waals surface area contributed by atoms with E-state index in [0.29, 0.717) is 29.8 Å². The largest absolute Gasteiger partial charge is 0.497 e. The number of hydrogen-bond acceptors (Lipinski definition) is 3. The Hall–Kier alpha value is -2.27. The lowest BCUT2D eigenvalue weighted by atomic mass is 9.79. The molecule has 0 radical (unpaired) electrons. The van der Waals surface area contributed by atoms with Gasteiger partial charge in [-0.15, -0.1) is 0 Å². The van der Waals surface area contributed by atoms with Crippen molar-refractivity contribution in [3.05, 3.63) is 58.6 Å². The summed E-state index contributed by atoms with van der Waals surface area (Å²) in [5, 5.41) is 10.2. The fourth-order valence-electron chi connectivity index (χ4n) is 5.20. The normalized spacial score (nSPS) is 23.4. The van der Waals surface area contributed by atoms with Gasteiger partial charge in [0.05, 0.1) is 13.7 Å². The number of halogens is 2. The summed E-state index contributed by atoms with van der Waals surface area (Å²) >= 11 is 6.44. The zero-order valence-electron chi connectivity index (χ0n) is 19.2. The number of benzene rings is 2. The van der Waals surface area contributed by atoms with Crippen molar-refractivity contribution in [1.82, 2.24) is 0 Å². The number of alkyl halides is 1. The summed E-state index contributed by atoms with van der Waals surface area (Å²) in [5.74, 6) is 0.391. The molecule has 2 fully saturated rings. The topological polar surface area (TPSA) is 55.8 Å². The van der Waals surface area contributed by atoms with Gasteiger partial charge in [0.25, 0.3) is 0 Å². The molecule has 6 heteroatoms. The molecule has 2 aromatic rings.